The van der Waals surface area contributed by atoms with Gasteiger partial charge in [0.2, 0.25) is 29.5 Å². The van der Waals surface area contributed by atoms with E-state index in [1.54, 1.807) is 0 Å². The van der Waals surface area contributed by atoms with Crippen molar-refractivity contribution in [3.63, 3.8) is 0 Å². The highest BCUT2D eigenvalue weighted by atomic mass is 16.2. The maximum atomic E-state index is 13.6. The van der Waals surface area contributed by atoms with Gasteiger partial charge in [-0.25, -0.2) is 0 Å². The van der Waals surface area contributed by atoms with E-state index in [4.69, 9.17) is 17.2 Å². The summed E-state index contributed by atoms with van der Waals surface area (Å²) in [4.78, 5) is 63.3. The lowest BCUT2D eigenvalue weighted by atomic mass is 9.95. The first-order valence-corrected chi connectivity index (χ1v) is 14.2. The normalized spacial score (nSPS) is 16.3. The molecule has 0 aliphatic carbocycles. The van der Waals surface area contributed by atoms with E-state index in [-0.39, 0.29) is 18.7 Å². The second kappa shape index (κ2) is 16.2. The van der Waals surface area contributed by atoms with Crippen LogP contribution in [0.4, 0.5) is 0 Å². The summed E-state index contributed by atoms with van der Waals surface area (Å²) in [6, 6.07) is 13.6. The van der Waals surface area contributed by atoms with Crippen molar-refractivity contribution in [2.45, 2.75) is 75.7 Å². The second-order valence-electron chi connectivity index (χ2n) is 10.5. The van der Waals surface area contributed by atoms with Crippen LogP contribution in [0.25, 0.3) is 0 Å². The molecule has 42 heavy (non-hydrogen) atoms. The van der Waals surface area contributed by atoms with Crippen molar-refractivity contribution < 1.29 is 24.0 Å². The number of hydrogen-bond donors (Lipinski definition) is 7. The summed E-state index contributed by atoms with van der Waals surface area (Å²) in [5, 5.41) is 11.3. The van der Waals surface area contributed by atoms with Gasteiger partial charge in [0.15, 0.2) is 0 Å². The molecule has 0 saturated heterocycles. The van der Waals surface area contributed by atoms with Crippen LogP contribution in [0.15, 0.2) is 54.6 Å². The molecule has 0 radical (unpaired) electrons. The minimum atomic E-state index is -1.32. The Morgan fingerprint density at radius 2 is 1.40 bits per heavy atom. The predicted molar refractivity (Wildman–Crippen MR) is 157 cm³/mol. The number of fused-ring (bicyclic) bond motifs is 1. The first-order valence-electron chi connectivity index (χ1n) is 14.2. The molecule has 226 valence electrons. The number of aryl methyl sites for hydroxylation is 1. The molecule has 0 fully saturated rings. The number of carbonyl (C=O) groups excluding carboxylic acids is 5. The number of nitrogens with one attached hydrogen (secondary N) is 4. The van der Waals surface area contributed by atoms with Crippen molar-refractivity contribution in [2.24, 2.45) is 17.2 Å². The van der Waals surface area contributed by atoms with Crippen LogP contribution in [0.3, 0.4) is 0 Å². The second-order valence-corrected chi connectivity index (χ2v) is 10.5. The number of unbranched alkanes of at least 4 members (excludes halogenated alkanes) is 1. The third-order valence-electron chi connectivity index (χ3n) is 7.24. The summed E-state index contributed by atoms with van der Waals surface area (Å²) in [6.07, 6.45) is 2.13. The van der Waals surface area contributed by atoms with E-state index < -0.39 is 54.2 Å². The number of amides is 5. The molecule has 3 rings (SSSR count). The summed E-state index contributed by atoms with van der Waals surface area (Å²) in [5.74, 6) is -3.30. The molecule has 0 unspecified atom stereocenters. The molecule has 2 aromatic carbocycles. The van der Waals surface area contributed by atoms with Crippen LogP contribution >= 0.6 is 0 Å². The smallest absolute Gasteiger partial charge is 0.243 e. The van der Waals surface area contributed by atoms with Gasteiger partial charge in [0, 0.05) is 6.54 Å². The van der Waals surface area contributed by atoms with Crippen molar-refractivity contribution in [1.29, 1.82) is 0 Å². The molecule has 4 atom stereocenters. The zero-order valence-electron chi connectivity index (χ0n) is 23.6. The highest BCUT2D eigenvalue weighted by Crippen LogP contribution is 2.17. The van der Waals surface area contributed by atoms with Gasteiger partial charge in [0.1, 0.15) is 18.1 Å². The Hall–Kier alpha value is -4.29. The van der Waals surface area contributed by atoms with Crippen molar-refractivity contribution in [2.75, 3.05) is 6.54 Å². The Labute approximate surface area is 245 Å². The Morgan fingerprint density at radius 1 is 0.786 bits per heavy atom. The quantitative estimate of drug-likeness (QED) is 0.127. The van der Waals surface area contributed by atoms with Crippen LogP contribution in [-0.4, -0.2) is 60.2 Å². The van der Waals surface area contributed by atoms with Gasteiger partial charge in [0.05, 0.1) is 12.5 Å². The molecule has 2 aromatic rings. The van der Waals surface area contributed by atoms with Crippen LogP contribution in [-0.2, 0) is 43.4 Å². The molecule has 0 bridgehead atoms. The van der Waals surface area contributed by atoms with E-state index in [0.717, 1.165) is 16.7 Å². The number of hydrogen-bond acceptors (Lipinski definition) is 7. The fourth-order valence-electron chi connectivity index (χ4n) is 4.87. The Bertz CT molecular complexity index is 1240. The van der Waals surface area contributed by atoms with E-state index in [1.165, 1.54) is 0 Å². The zero-order chi connectivity index (χ0) is 30.5. The Balaban J connectivity index is 1.75. The van der Waals surface area contributed by atoms with Crippen LogP contribution in [0.2, 0.25) is 0 Å². The van der Waals surface area contributed by atoms with Crippen LogP contribution in [0, 0.1) is 0 Å². The summed E-state index contributed by atoms with van der Waals surface area (Å²) in [5.41, 5.74) is 19.3. The molecule has 0 spiro atoms. The molecule has 10 N–H and O–H groups in total. The summed E-state index contributed by atoms with van der Waals surface area (Å²) < 4.78 is 0. The third-order valence-corrected chi connectivity index (χ3v) is 7.24. The first kappa shape index (κ1) is 32.2. The first-order chi connectivity index (χ1) is 20.2. The van der Waals surface area contributed by atoms with Crippen LogP contribution in [0.5, 0.6) is 0 Å². The van der Waals surface area contributed by atoms with Gasteiger partial charge in [-0.05, 0) is 61.8 Å². The van der Waals surface area contributed by atoms with Gasteiger partial charge >= 0.3 is 0 Å². The molecule has 1 aliphatic heterocycles. The lowest BCUT2D eigenvalue weighted by Crippen LogP contribution is -2.58. The van der Waals surface area contributed by atoms with Gasteiger partial charge in [-0.1, -0.05) is 54.6 Å². The third kappa shape index (κ3) is 9.96. The average molecular weight is 580 g/mol. The maximum absolute atomic E-state index is 13.6. The molecule has 12 nitrogen and oxygen atoms in total. The zero-order valence-corrected chi connectivity index (χ0v) is 23.6. The van der Waals surface area contributed by atoms with Crippen molar-refractivity contribution in [3.8, 4) is 0 Å². The van der Waals surface area contributed by atoms with E-state index in [9.17, 15) is 24.0 Å². The fraction of sp³-hybridized carbons (Fsp3) is 0.433. The Morgan fingerprint density at radius 3 is 2.05 bits per heavy atom. The minimum Gasteiger partial charge on any atom is -0.370 e. The van der Waals surface area contributed by atoms with Crippen molar-refractivity contribution in [3.05, 3.63) is 71.3 Å². The molecule has 0 aromatic heterocycles. The Kier molecular flexibility index (Phi) is 12.5. The number of primary amides is 2. The summed E-state index contributed by atoms with van der Waals surface area (Å²) >= 11 is 0. The van der Waals surface area contributed by atoms with Crippen LogP contribution < -0.4 is 38.5 Å². The van der Waals surface area contributed by atoms with E-state index >= 15 is 0 Å². The molecule has 1 aliphatic rings. The number of nitrogens with two attached hydrogens (primary N) is 3. The van der Waals surface area contributed by atoms with Crippen molar-refractivity contribution >= 4 is 29.5 Å². The fourth-order valence-corrected chi connectivity index (χ4v) is 4.87. The predicted octanol–water partition coefficient (Wildman–Crippen LogP) is -0.722. The van der Waals surface area contributed by atoms with Gasteiger partial charge in [-0.3, -0.25) is 24.0 Å². The van der Waals surface area contributed by atoms with Gasteiger partial charge in [-0.15, -0.1) is 0 Å². The average Bonchev–Trinajstić information content (AvgIpc) is 2.98. The topological polar surface area (TPSA) is 212 Å². The highest BCUT2D eigenvalue weighted by molar-refractivity contribution is 5.95. The van der Waals surface area contributed by atoms with Gasteiger partial charge in [-0.2, -0.15) is 0 Å². The maximum Gasteiger partial charge on any atom is 0.243 e. The molecule has 1 heterocycles. The largest absolute Gasteiger partial charge is 0.370 e. The summed E-state index contributed by atoms with van der Waals surface area (Å²) in [7, 11) is 0. The van der Waals surface area contributed by atoms with Crippen molar-refractivity contribution in [1.82, 2.24) is 21.3 Å². The molecule has 0 saturated carbocycles. The SMILES string of the molecule is NCCCC[C@H](NC(=O)[C@H](CCc1ccccc1)NC(=O)[C@@H]1Cc2ccccc2CN1)C(=O)N[C@@H](CC(N)=O)C(N)=O. The van der Waals surface area contributed by atoms with E-state index in [1.807, 2.05) is 54.6 Å². The van der Waals surface area contributed by atoms with Crippen LogP contribution in [0.1, 0.15) is 48.8 Å². The number of rotatable bonds is 16. The summed E-state index contributed by atoms with van der Waals surface area (Å²) in [6.45, 7) is 0.923. The van der Waals surface area contributed by atoms with Gasteiger partial charge < -0.3 is 38.5 Å². The number of carbonyl (C=O) groups is 5. The lowest BCUT2D eigenvalue weighted by molar-refractivity contribution is -0.134. The monoisotopic (exact) mass is 579 g/mol. The molecule has 5 amide bonds. The molecule has 12 heteroatoms. The number of benzene rings is 2. The van der Waals surface area contributed by atoms with E-state index in [2.05, 4.69) is 21.3 Å². The van der Waals surface area contributed by atoms with Gasteiger partial charge in [0.25, 0.3) is 0 Å². The molecular formula is C30H41N7O5. The standard InChI is InChI=1S/C30H41N7O5/c31-15-7-6-12-22(28(40)37-24(27(33)39)17-26(32)38)35-29(41)23(14-13-19-8-2-1-3-9-19)36-30(42)25-16-20-10-4-5-11-21(20)18-34-25/h1-5,8-11,22-25,34H,6-7,12-18,31H2,(H2,32,38)(H2,33,39)(H,35,41)(H,36,42)(H,37,40)/t22-,23-,24-,25-/m0/s1. The minimum absolute atomic E-state index is 0.219. The highest BCUT2D eigenvalue weighted by Gasteiger charge is 2.31. The molecular weight excluding hydrogens is 538 g/mol. The lowest BCUT2D eigenvalue weighted by Gasteiger charge is -2.28. The van der Waals surface area contributed by atoms with E-state index in [0.29, 0.717) is 38.8 Å².